The summed E-state index contributed by atoms with van der Waals surface area (Å²) in [5.41, 5.74) is 2.28. The maximum absolute atomic E-state index is 9.66. The molecule has 0 saturated heterocycles. The molecule has 1 nitrogen and oxygen atoms in total. The van der Waals surface area contributed by atoms with E-state index in [2.05, 4.69) is 19.9 Å². The first-order chi connectivity index (χ1) is 5.69. The molecule has 0 aromatic carbocycles. The molecule has 12 heavy (non-hydrogen) atoms. The van der Waals surface area contributed by atoms with Crippen LogP contribution in [0.4, 0.5) is 0 Å². The molecule has 0 saturated carbocycles. The topological polar surface area (TPSA) is 20.2 Å². The minimum absolute atomic E-state index is 0.544. The smallest absolute Gasteiger partial charge is 0.117 e. The van der Waals surface area contributed by atoms with Gasteiger partial charge in [0.1, 0.15) is 5.76 Å². The predicted molar refractivity (Wildman–Crippen MR) is 52.1 cm³/mol. The van der Waals surface area contributed by atoms with Gasteiger partial charge >= 0.3 is 0 Å². The van der Waals surface area contributed by atoms with Gasteiger partial charge in [0.25, 0.3) is 0 Å². The fraction of sp³-hybridized carbons (Fsp3) is 0.636. The molecule has 0 spiro atoms. The van der Waals surface area contributed by atoms with E-state index in [-0.39, 0.29) is 0 Å². The van der Waals surface area contributed by atoms with Gasteiger partial charge in [0.15, 0.2) is 0 Å². The lowest BCUT2D eigenvalue weighted by Crippen LogP contribution is -2.07. The van der Waals surface area contributed by atoms with E-state index in [0.29, 0.717) is 11.7 Å². The third-order valence-corrected chi connectivity index (χ3v) is 2.62. The summed E-state index contributed by atoms with van der Waals surface area (Å²) in [6.45, 7) is 6.32. The minimum atomic E-state index is 0.544. The summed E-state index contributed by atoms with van der Waals surface area (Å²) in [4.78, 5) is 0. The molecule has 1 atom stereocenters. The monoisotopic (exact) mass is 166 g/mol. The molecule has 1 aliphatic carbocycles. The Bertz CT molecular complexity index is 223. The Balaban J connectivity index is 2.85. The minimum Gasteiger partial charge on any atom is -0.508 e. The van der Waals surface area contributed by atoms with Gasteiger partial charge in [-0.25, -0.2) is 0 Å². The van der Waals surface area contributed by atoms with Gasteiger partial charge in [-0.1, -0.05) is 19.9 Å². The Morgan fingerprint density at radius 2 is 2.17 bits per heavy atom. The highest BCUT2D eigenvalue weighted by molar-refractivity contribution is 5.33. The standard InChI is InChI=1S/C11H18O/c1-4-9-6-8(3)11(12)10(5-2)7-9/h7,9,12H,4-6H2,1-3H3. The lowest BCUT2D eigenvalue weighted by Gasteiger charge is -2.20. The zero-order valence-electron chi connectivity index (χ0n) is 8.22. The average Bonchev–Trinajstić information content (AvgIpc) is 2.09. The second kappa shape index (κ2) is 3.79. The quantitative estimate of drug-likeness (QED) is 0.664. The summed E-state index contributed by atoms with van der Waals surface area (Å²) < 4.78 is 0. The SMILES string of the molecule is CCC1=CC(CC)CC(C)=C1O. The highest BCUT2D eigenvalue weighted by atomic mass is 16.3. The van der Waals surface area contributed by atoms with E-state index in [1.165, 1.54) is 6.42 Å². The third-order valence-electron chi connectivity index (χ3n) is 2.62. The van der Waals surface area contributed by atoms with Crippen LogP contribution in [0, 0.1) is 5.92 Å². The maximum Gasteiger partial charge on any atom is 0.117 e. The number of aliphatic hydroxyl groups is 1. The van der Waals surface area contributed by atoms with Crippen LogP contribution in [0.2, 0.25) is 0 Å². The molecule has 1 rings (SSSR count). The zero-order chi connectivity index (χ0) is 9.14. The molecule has 0 fully saturated rings. The van der Waals surface area contributed by atoms with Crippen molar-refractivity contribution < 1.29 is 5.11 Å². The van der Waals surface area contributed by atoms with E-state index in [1.807, 2.05) is 6.92 Å². The first kappa shape index (κ1) is 9.37. The van der Waals surface area contributed by atoms with Gasteiger partial charge in [-0.3, -0.25) is 0 Å². The second-order valence-electron chi connectivity index (χ2n) is 3.55. The summed E-state index contributed by atoms with van der Waals surface area (Å²) in [6.07, 6.45) is 5.38. The highest BCUT2D eigenvalue weighted by Crippen LogP contribution is 2.30. The van der Waals surface area contributed by atoms with Crippen molar-refractivity contribution in [2.75, 3.05) is 0 Å². The van der Waals surface area contributed by atoms with Crippen molar-refractivity contribution in [1.29, 1.82) is 0 Å². The van der Waals surface area contributed by atoms with Gasteiger partial charge in [-0.2, -0.15) is 0 Å². The predicted octanol–water partition coefficient (Wildman–Crippen LogP) is 3.58. The summed E-state index contributed by atoms with van der Waals surface area (Å²) >= 11 is 0. The van der Waals surface area contributed by atoms with Crippen LogP contribution < -0.4 is 0 Å². The fourth-order valence-corrected chi connectivity index (χ4v) is 1.73. The summed E-state index contributed by atoms with van der Waals surface area (Å²) in [5.74, 6) is 1.19. The van der Waals surface area contributed by atoms with Crippen LogP contribution in [0.1, 0.15) is 40.0 Å². The molecule has 0 radical (unpaired) electrons. The molecular formula is C11H18O. The number of hydrogen-bond donors (Lipinski definition) is 1. The molecule has 0 aromatic rings. The Hall–Kier alpha value is -0.720. The zero-order valence-corrected chi connectivity index (χ0v) is 8.22. The molecule has 1 N–H and O–H groups in total. The van der Waals surface area contributed by atoms with Gasteiger partial charge in [0.05, 0.1) is 0 Å². The van der Waals surface area contributed by atoms with Crippen LogP contribution in [-0.2, 0) is 0 Å². The van der Waals surface area contributed by atoms with Gasteiger partial charge in [0, 0.05) is 0 Å². The van der Waals surface area contributed by atoms with Gasteiger partial charge < -0.3 is 5.11 Å². The molecule has 0 aliphatic heterocycles. The third kappa shape index (κ3) is 1.71. The first-order valence-corrected chi connectivity index (χ1v) is 4.78. The van der Waals surface area contributed by atoms with Crippen molar-refractivity contribution in [2.45, 2.75) is 40.0 Å². The van der Waals surface area contributed by atoms with Crippen molar-refractivity contribution in [2.24, 2.45) is 5.92 Å². The normalized spacial score (nSPS) is 24.2. The van der Waals surface area contributed by atoms with E-state index in [4.69, 9.17) is 0 Å². The van der Waals surface area contributed by atoms with E-state index >= 15 is 0 Å². The lowest BCUT2D eigenvalue weighted by atomic mass is 9.87. The number of hydrogen-bond acceptors (Lipinski definition) is 1. The number of allylic oxidation sites excluding steroid dienone is 3. The fourth-order valence-electron chi connectivity index (χ4n) is 1.73. The summed E-state index contributed by atoms with van der Waals surface area (Å²) in [7, 11) is 0. The maximum atomic E-state index is 9.66. The lowest BCUT2D eigenvalue weighted by molar-refractivity contribution is 0.396. The molecule has 1 unspecified atom stereocenters. The highest BCUT2D eigenvalue weighted by Gasteiger charge is 2.16. The molecule has 0 aromatic heterocycles. The largest absolute Gasteiger partial charge is 0.508 e. The van der Waals surface area contributed by atoms with Crippen molar-refractivity contribution in [3.05, 3.63) is 23.0 Å². The van der Waals surface area contributed by atoms with Crippen molar-refractivity contribution >= 4 is 0 Å². The summed E-state index contributed by atoms with van der Waals surface area (Å²) in [6, 6.07) is 0. The van der Waals surface area contributed by atoms with Crippen LogP contribution in [-0.4, -0.2) is 5.11 Å². The first-order valence-electron chi connectivity index (χ1n) is 4.78. The van der Waals surface area contributed by atoms with Crippen LogP contribution >= 0.6 is 0 Å². The second-order valence-corrected chi connectivity index (χ2v) is 3.55. The molecule has 0 heterocycles. The number of rotatable bonds is 2. The molecule has 1 aliphatic rings. The van der Waals surface area contributed by atoms with Gasteiger partial charge in [0.2, 0.25) is 0 Å². The Labute approximate surface area is 74.8 Å². The van der Waals surface area contributed by atoms with E-state index in [9.17, 15) is 5.11 Å². The van der Waals surface area contributed by atoms with Crippen molar-refractivity contribution in [1.82, 2.24) is 0 Å². The summed E-state index contributed by atoms with van der Waals surface area (Å²) in [5, 5.41) is 9.66. The van der Waals surface area contributed by atoms with Crippen LogP contribution in [0.5, 0.6) is 0 Å². The molecule has 0 bridgehead atoms. The molecule has 68 valence electrons. The van der Waals surface area contributed by atoms with Gasteiger partial charge in [-0.15, -0.1) is 0 Å². The Morgan fingerprint density at radius 1 is 1.50 bits per heavy atom. The van der Waals surface area contributed by atoms with Crippen LogP contribution in [0.15, 0.2) is 23.0 Å². The van der Waals surface area contributed by atoms with E-state index < -0.39 is 0 Å². The molecule has 0 amide bonds. The molecule has 1 heteroatoms. The van der Waals surface area contributed by atoms with Crippen molar-refractivity contribution in [3.63, 3.8) is 0 Å². The Morgan fingerprint density at radius 3 is 2.67 bits per heavy atom. The van der Waals surface area contributed by atoms with Crippen LogP contribution in [0.25, 0.3) is 0 Å². The molecular weight excluding hydrogens is 148 g/mol. The van der Waals surface area contributed by atoms with Crippen LogP contribution in [0.3, 0.4) is 0 Å². The van der Waals surface area contributed by atoms with Crippen molar-refractivity contribution in [3.8, 4) is 0 Å². The van der Waals surface area contributed by atoms with E-state index in [0.717, 1.165) is 24.0 Å². The van der Waals surface area contributed by atoms with E-state index in [1.54, 1.807) is 0 Å². The average molecular weight is 166 g/mol. The Kier molecular flexibility index (Phi) is 2.96. The number of aliphatic hydroxyl groups excluding tert-OH is 1. The van der Waals surface area contributed by atoms with Gasteiger partial charge in [-0.05, 0) is 43.3 Å².